The lowest BCUT2D eigenvalue weighted by atomic mass is 10.2. The van der Waals surface area contributed by atoms with Crippen LogP contribution in [-0.4, -0.2) is 72.4 Å². The molecule has 0 spiro atoms. The van der Waals surface area contributed by atoms with Gasteiger partial charge in [0.25, 0.3) is 5.91 Å². The van der Waals surface area contributed by atoms with Crippen molar-refractivity contribution in [1.29, 1.82) is 0 Å². The summed E-state index contributed by atoms with van der Waals surface area (Å²) in [7, 11) is 2.08. The van der Waals surface area contributed by atoms with Gasteiger partial charge in [0, 0.05) is 37.6 Å². The van der Waals surface area contributed by atoms with Gasteiger partial charge in [-0.15, -0.1) is 0 Å². The van der Waals surface area contributed by atoms with Gasteiger partial charge in [-0.25, -0.2) is 5.06 Å². The number of nitrogens with one attached hydrogen (secondary N) is 1. The predicted molar refractivity (Wildman–Crippen MR) is 123 cm³/mol. The van der Waals surface area contributed by atoms with Crippen LogP contribution in [0.1, 0.15) is 25.3 Å². The highest BCUT2D eigenvalue weighted by Crippen LogP contribution is 2.21. The van der Waals surface area contributed by atoms with E-state index < -0.39 is 0 Å². The molecule has 1 amide bonds. The van der Waals surface area contributed by atoms with Crippen LogP contribution < -0.4 is 10.1 Å². The van der Waals surface area contributed by atoms with Crippen molar-refractivity contribution < 1.29 is 14.7 Å². The summed E-state index contributed by atoms with van der Waals surface area (Å²) in [6.07, 6.45) is 2.17. The van der Waals surface area contributed by atoms with Crippen LogP contribution in [0.15, 0.2) is 48.5 Å². The van der Waals surface area contributed by atoms with E-state index in [2.05, 4.69) is 29.1 Å². The van der Waals surface area contributed by atoms with Gasteiger partial charge in [0.05, 0.1) is 19.7 Å². The van der Waals surface area contributed by atoms with Gasteiger partial charge in [-0.1, -0.05) is 25.5 Å². The number of hydroxylamine groups is 2. The lowest BCUT2D eigenvalue weighted by Gasteiger charge is -2.32. The Bertz CT molecular complexity index is 803. The molecule has 7 heteroatoms. The molecule has 0 aromatic heterocycles. The van der Waals surface area contributed by atoms with E-state index in [1.807, 2.05) is 48.5 Å². The summed E-state index contributed by atoms with van der Waals surface area (Å²) < 4.78 is 5.69. The van der Waals surface area contributed by atoms with Crippen LogP contribution in [0.4, 0.5) is 11.4 Å². The van der Waals surface area contributed by atoms with E-state index >= 15 is 0 Å². The Morgan fingerprint density at radius 2 is 1.65 bits per heavy atom. The van der Waals surface area contributed by atoms with Gasteiger partial charge in [0.2, 0.25) is 0 Å². The molecule has 0 aliphatic carbocycles. The van der Waals surface area contributed by atoms with E-state index in [-0.39, 0.29) is 19.0 Å². The van der Waals surface area contributed by atoms with Crippen molar-refractivity contribution in [2.45, 2.75) is 26.3 Å². The first-order valence-corrected chi connectivity index (χ1v) is 11.0. The summed E-state index contributed by atoms with van der Waals surface area (Å²) >= 11 is 0. The molecule has 1 aliphatic rings. The average Bonchev–Trinajstić information content (AvgIpc) is 2.78. The predicted octanol–water partition coefficient (Wildman–Crippen LogP) is 3.57. The number of anilines is 2. The summed E-state index contributed by atoms with van der Waals surface area (Å²) in [5, 5.41) is 14.3. The SMILES string of the molecule is CCCCOc1ccc(Nc2ccc(CN(O)C(=O)CN3CCN(C)CC3)cc2)cc1. The van der Waals surface area contributed by atoms with Crippen molar-refractivity contribution in [3.63, 3.8) is 0 Å². The molecule has 0 radical (unpaired) electrons. The van der Waals surface area contributed by atoms with Gasteiger partial charge in [-0.05, 0) is 55.4 Å². The number of benzene rings is 2. The number of rotatable bonds is 10. The van der Waals surface area contributed by atoms with E-state index in [1.165, 1.54) is 0 Å². The standard InChI is InChI=1S/C24H34N4O3/c1-3-4-17-31-23-11-9-22(10-12-23)25-21-7-5-20(6-8-21)18-28(30)24(29)19-27-15-13-26(2)14-16-27/h5-12,25,30H,3-4,13-19H2,1-2H3. The number of likely N-dealkylation sites (N-methyl/N-ethyl adjacent to an activating group) is 1. The highest BCUT2D eigenvalue weighted by molar-refractivity contribution is 5.77. The second-order valence-corrected chi connectivity index (χ2v) is 8.08. The third kappa shape index (κ3) is 7.54. The lowest BCUT2D eigenvalue weighted by molar-refractivity contribution is -0.169. The molecule has 1 aliphatic heterocycles. The van der Waals surface area contributed by atoms with E-state index in [0.717, 1.165) is 73.4 Å². The maximum absolute atomic E-state index is 12.3. The van der Waals surface area contributed by atoms with Crippen molar-refractivity contribution in [3.8, 4) is 5.75 Å². The zero-order chi connectivity index (χ0) is 22.1. The van der Waals surface area contributed by atoms with Gasteiger partial charge >= 0.3 is 0 Å². The summed E-state index contributed by atoms with van der Waals surface area (Å²) in [5.41, 5.74) is 2.79. The van der Waals surface area contributed by atoms with Gasteiger partial charge in [-0.3, -0.25) is 14.9 Å². The van der Waals surface area contributed by atoms with Crippen LogP contribution in [0.5, 0.6) is 5.75 Å². The Hall–Kier alpha value is -2.61. The van der Waals surface area contributed by atoms with Gasteiger partial charge in [0.1, 0.15) is 5.75 Å². The molecule has 1 saturated heterocycles. The minimum Gasteiger partial charge on any atom is -0.494 e. The van der Waals surface area contributed by atoms with Gasteiger partial charge in [-0.2, -0.15) is 0 Å². The molecule has 168 valence electrons. The third-order valence-electron chi connectivity index (χ3n) is 5.44. The number of piperazine rings is 1. The monoisotopic (exact) mass is 426 g/mol. The highest BCUT2D eigenvalue weighted by atomic mass is 16.5. The quantitative estimate of drug-likeness (QED) is 0.344. The Morgan fingerprint density at radius 3 is 2.26 bits per heavy atom. The number of amides is 1. The Balaban J connectivity index is 1.45. The Morgan fingerprint density at radius 1 is 1.03 bits per heavy atom. The molecule has 0 bridgehead atoms. The second-order valence-electron chi connectivity index (χ2n) is 8.08. The molecule has 0 saturated carbocycles. The minimum absolute atomic E-state index is 0.177. The number of nitrogens with zero attached hydrogens (tertiary/aromatic N) is 3. The maximum Gasteiger partial charge on any atom is 0.260 e. The Labute approximate surface area is 185 Å². The number of hydrogen-bond donors (Lipinski definition) is 2. The van der Waals surface area contributed by atoms with E-state index in [4.69, 9.17) is 4.74 Å². The fourth-order valence-electron chi connectivity index (χ4n) is 3.37. The third-order valence-corrected chi connectivity index (χ3v) is 5.44. The first kappa shape index (κ1) is 23.1. The van der Waals surface area contributed by atoms with Crippen LogP contribution in [0.25, 0.3) is 0 Å². The summed E-state index contributed by atoms with van der Waals surface area (Å²) in [6, 6.07) is 15.6. The molecule has 3 rings (SSSR count). The van der Waals surface area contributed by atoms with Crippen LogP contribution in [-0.2, 0) is 11.3 Å². The highest BCUT2D eigenvalue weighted by Gasteiger charge is 2.19. The minimum atomic E-state index is -0.270. The first-order valence-electron chi connectivity index (χ1n) is 11.0. The van der Waals surface area contributed by atoms with Crippen LogP contribution in [0.2, 0.25) is 0 Å². The summed E-state index contributed by atoms with van der Waals surface area (Å²) in [6.45, 7) is 6.91. The molecular formula is C24H34N4O3. The molecule has 7 nitrogen and oxygen atoms in total. The van der Waals surface area contributed by atoms with Crippen molar-refractivity contribution >= 4 is 17.3 Å². The average molecular weight is 427 g/mol. The lowest BCUT2D eigenvalue weighted by Crippen LogP contribution is -2.48. The number of carbonyl (C=O) groups excluding carboxylic acids is 1. The number of carbonyl (C=O) groups is 1. The van der Waals surface area contributed by atoms with Crippen molar-refractivity contribution in [1.82, 2.24) is 14.9 Å². The fraction of sp³-hybridized carbons (Fsp3) is 0.458. The zero-order valence-corrected chi connectivity index (χ0v) is 18.6. The maximum atomic E-state index is 12.3. The second kappa shape index (κ2) is 11.7. The zero-order valence-electron chi connectivity index (χ0n) is 18.6. The smallest absolute Gasteiger partial charge is 0.260 e. The molecule has 0 unspecified atom stereocenters. The van der Waals surface area contributed by atoms with Crippen LogP contribution in [0, 0.1) is 0 Å². The number of unbranched alkanes of at least 4 members (excludes halogenated alkanes) is 1. The van der Waals surface area contributed by atoms with Gasteiger partial charge in [0.15, 0.2) is 0 Å². The van der Waals surface area contributed by atoms with Crippen molar-refractivity contribution in [2.24, 2.45) is 0 Å². The topological polar surface area (TPSA) is 68.3 Å². The van der Waals surface area contributed by atoms with Crippen molar-refractivity contribution in [2.75, 3.05) is 51.7 Å². The first-order chi connectivity index (χ1) is 15.0. The summed E-state index contributed by atoms with van der Waals surface area (Å²) in [5.74, 6) is 0.603. The molecule has 2 N–H and O–H groups in total. The van der Waals surface area contributed by atoms with Crippen LogP contribution >= 0.6 is 0 Å². The number of ether oxygens (including phenoxy) is 1. The normalized spacial score (nSPS) is 14.9. The van der Waals surface area contributed by atoms with Gasteiger partial charge < -0.3 is 15.0 Å². The van der Waals surface area contributed by atoms with E-state index in [1.54, 1.807) is 0 Å². The molecule has 1 fully saturated rings. The molecule has 31 heavy (non-hydrogen) atoms. The molecule has 0 atom stereocenters. The van der Waals surface area contributed by atoms with E-state index in [0.29, 0.717) is 0 Å². The largest absolute Gasteiger partial charge is 0.494 e. The molecular weight excluding hydrogens is 392 g/mol. The molecule has 1 heterocycles. The van der Waals surface area contributed by atoms with Crippen LogP contribution in [0.3, 0.4) is 0 Å². The van der Waals surface area contributed by atoms with Crippen molar-refractivity contribution in [3.05, 3.63) is 54.1 Å². The molecule has 2 aromatic rings. The fourth-order valence-corrected chi connectivity index (χ4v) is 3.37. The van der Waals surface area contributed by atoms with E-state index in [9.17, 15) is 10.0 Å². The summed E-state index contributed by atoms with van der Waals surface area (Å²) in [4.78, 5) is 16.6. The number of hydrogen-bond acceptors (Lipinski definition) is 6. The Kier molecular flexibility index (Phi) is 8.70. The molecule has 2 aromatic carbocycles.